The predicted molar refractivity (Wildman–Crippen MR) is 73.5 cm³/mol. The smallest absolute Gasteiger partial charge is 0.0701 e. The first-order valence-electron chi connectivity index (χ1n) is 4.70. The summed E-state index contributed by atoms with van der Waals surface area (Å²) in [5, 5.41) is 0. The second-order valence-electron chi connectivity index (χ2n) is 3.18. The fraction of sp³-hybridized carbons (Fsp3) is 0.167. The van der Waals surface area contributed by atoms with E-state index >= 15 is 0 Å². The van der Waals surface area contributed by atoms with E-state index in [1.54, 1.807) is 0 Å². The minimum absolute atomic E-state index is 1.09. The first kappa shape index (κ1) is 11.2. The van der Waals surface area contributed by atoms with E-state index < -0.39 is 0 Å². The third-order valence-corrected chi connectivity index (χ3v) is 4.84. The molecule has 0 nitrogen and oxygen atoms in total. The standard InChI is InChI=1S/C12H11BrS2/c13-12-7-6-11(15-12)9-14-8-10-4-2-1-3-5-10/h1-7H,8-9H2. The van der Waals surface area contributed by atoms with Gasteiger partial charge in [-0.3, -0.25) is 0 Å². The Morgan fingerprint density at radius 2 is 1.80 bits per heavy atom. The van der Waals surface area contributed by atoms with Crippen LogP contribution < -0.4 is 0 Å². The molecule has 0 amide bonds. The molecule has 78 valence electrons. The van der Waals surface area contributed by atoms with Gasteiger partial charge in [0.1, 0.15) is 0 Å². The fourth-order valence-electron chi connectivity index (χ4n) is 1.27. The van der Waals surface area contributed by atoms with Gasteiger partial charge in [-0.2, -0.15) is 11.8 Å². The van der Waals surface area contributed by atoms with Crippen molar-refractivity contribution in [2.24, 2.45) is 0 Å². The van der Waals surface area contributed by atoms with Crippen molar-refractivity contribution in [3.8, 4) is 0 Å². The lowest BCUT2D eigenvalue weighted by atomic mass is 10.2. The molecule has 0 saturated heterocycles. The van der Waals surface area contributed by atoms with Gasteiger partial charge in [-0.05, 0) is 33.6 Å². The van der Waals surface area contributed by atoms with Crippen molar-refractivity contribution in [2.75, 3.05) is 0 Å². The molecular formula is C12H11BrS2. The first-order valence-corrected chi connectivity index (χ1v) is 7.47. The number of hydrogen-bond acceptors (Lipinski definition) is 2. The zero-order valence-electron chi connectivity index (χ0n) is 8.15. The van der Waals surface area contributed by atoms with E-state index in [4.69, 9.17) is 0 Å². The van der Waals surface area contributed by atoms with Crippen LogP contribution in [0.3, 0.4) is 0 Å². The average molecular weight is 299 g/mol. The first-order chi connectivity index (χ1) is 7.34. The number of benzene rings is 1. The molecule has 0 N–H and O–H groups in total. The molecule has 0 unspecified atom stereocenters. The second-order valence-corrected chi connectivity index (χ2v) is 6.72. The Balaban J connectivity index is 1.80. The maximum absolute atomic E-state index is 3.48. The van der Waals surface area contributed by atoms with Crippen molar-refractivity contribution in [2.45, 2.75) is 11.5 Å². The van der Waals surface area contributed by atoms with Crippen LogP contribution in [0.4, 0.5) is 0 Å². The predicted octanol–water partition coefficient (Wildman–Crippen LogP) is 4.94. The Kier molecular flexibility index (Phi) is 4.29. The van der Waals surface area contributed by atoms with Crippen LogP contribution in [0.5, 0.6) is 0 Å². The van der Waals surface area contributed by atoms with E-state index in [2.05, 4.69) is 58.4 Å². The average Bonchev–Trinajstić information content (AvgIpc) is 2.66. The maximum atomic E-state index is 3.48. The van der Waals surface area contributed by atoms with Crippen molar-refractivity contribution in [3.05, 3.63) is 56.7 Å². The van der Waals surface area contributed by atoms with Crippen LogP contribution in [0.25, 0.3) is 0 Å². The highest BCUT2D eigenvalue weighted by Gasteiger charge is 1.98. The fourth-order valence-corrected chi connectivity index (χ4v) is 3.86. The van der Waals surface area contributed by atoms with Gasteiger partial charge in [-0.15, -0.1) is 11.3 Å². The normalized spacial score (nSPS) is 10.5. The maximum Gasteiger partial charge on any atom is 0.0701 e. The SMILES string of the molecule is Brc1ccc(CSCc2ccccc2)s1. The molecule has 15 heavy (non-hydrogen) atoms. The van der Waals surface area contributed by atoms with Crippen LogP contribution in [0.2, 0.25) is 0 Å². The number of thioether (sulfide) groups is 1. The van der Waals surface area contributed by atoms with E-state index in [1.165, 1.54) is 14.2 Å². The van der Waals surface area contributed by atoms with Gasteiger partial charge >= 0.3 is 0 Å². The molecule has 0 aliphatic heterocycles. The molecule has 0 aliphatic carbocycles. The topological polar surface area (TPSA) is 0 Å². The van der Waals surface area contributed by atoms with E-state index in [0.717, 1.165) is 11.5 Å². The van der Waals surface area contributed by atoms with Crippen LogP contribution in [0, 0.1) is 0 Å². The van der Waals surface area contributed by atoms with Crippen LogP contribution in [-0.2, 0) is 11.5 Å². The lowest BCUT2D eigenvalue weighted by molar-refractivity contribution is 1.40. The number of hydrogen-bond donors (Lipinski definition) is 0. The van der Waals surface area contributed by atoms with Gasteiger partial charge in [0.15, 0.2) is 0 Å². The molecule has 2 rings (SSSR count). The van der Waals surface area contributed by atoms with Gasteiger partial charge in [0.2, 0.25) is 0 Å². The van der Waals surface area contributed by atoms with E-state index in [9.17, 15) is 0 Å². The summed E-state index contributed by atoms with van der Waals surface area (Å²) < 4.78 is 1.22. The Hall–Kier alpha value is -0.250. The molecule has 0 radical (unpaired) electrons. The van der Waals surface area contributed by atoms with E-state index in [1.807, 2.05) is 23.1 Å². The second kappa shape index (κ2) is 5.73. The zero-order valence-corrected chi connectivity index (χ0v) is 11.4. The van der Waals surface area contributed by atoms with Gasteiger partial charge in [0.25, 0.3) is 0 Å². The highest BCUT2D eigenvalue weighted by molar-refractivity contribution is 9.11. The molecule has 0 bridgehead atoms. The highest BCUT2D eigenvalue weighted by atomic mass is 79.9. The van der Waals surface area contributed by atoms with Crippen molar-refractivity contribution in [1.29, 1.82) is 0 Å². The van der Waals surface area contributed by atoms with E-state index in [0.29, 0.717) is 0 Å². The summed E-state index contributed by atoms with van der Waals surface area (Å²) in [6, 6.07) is 14.9. The molecule has 0 spiro atoms. The van der Waals surface area contributed by atoms with Gasteiger partial charge in [-0.1, -0.05) is 30.3 Å². The molecule has 0 atom stereocenters. The minimum atomic E-state index is 1.09. The molecule has 2 aromatic rings. The largest absolute Gasteiger partial charge is 0.152 e. The third-order valence-electron chi connectivity index (χ3n) is 1.98. The molecule has 1 aromatic heterocycles. The third kappa shape index (κ3) is 3.67. The molecule has 1 aromatic carbocycles. The Bertz CT molecular complexity index is 409. The van der Waals surface area contributed by atoms with Gasteiger partial charge in [0.05, 0.1) is 3.79 Å². The molecule has 0 aliphatic rings. The summed E-state index contributed by atoms with van der Waals surface area (Å²) in [6.45, 7) is 0. The lowest BCUT2D eigenvalue weighted by Gasteiger charge is -1.99. The van der Waals surface area contributed by atoms with Gasteiger partial charge in [-0.25, -0.2) is 0 Å². The van der Waals surface area contributed by atoms with Gasteiger partial charge in [0, 0.05) is 16.4 Å². The lowest BCUT2D eigenvalue weighted by Crippen LogP contribution is -1.79. The van der Waals surface area contributed by atoms with E-state index in [-0.39, 0.29) is 0 Å². The van der Waals surface area contributed by atoms with Crippen molar-refractivity contribution >= 4 is 39.0 Å². The molecule has 0 fully saturated rings. The van der Waals surface area contributed by atoms with Crippen LogP contribution in [0.15, 0.2) is 46.3 Å². The van der Waals surface area contributed by atoms with Crippen LogP contribution in [-0.4, -0.2) is 0 Å². The summed E-state index contributed by atoms with van der Waals surface area (Å²) in [4.78, 5) is 1.43. The summed E-state index contributed by atoms with van der Waals surface area (Å²) in [6.07, 6.45) is 0. The monoisotopic (exact) mass is 298 g/mol. The zero-order chi connectivity index (χ0) is 10.5. The minimum Gasteiger partial charge on any atom is -0.152 e. The molecular weight excluding hydrogens is 288 g/mol. The van der Waals surface area contributed by atoms with Crippen LogP contribution in [0.1, 0.15) is 10.4 Å². The number of thiophene rings is 1. The molecule has 1 heterocycles. The number of halogens is 1. The van der Waals surface area contributed by atoms with Gasteiger partial charge < -0.3 is 0 Å². The molecule has 3 heteroatoms. The quantitative estimate of drug-likeness (QED) is 0.770. The summed E-state index contributed by atoms with van der Waals surface area (Å²) in [5.74, 6) is 2.20. The van der Waals surface area contributed by atoms with Crippen molar-refractivity contribution in [1.82, 2.24) is 0 Å². The van der Waals surface area contributed by atoms with Crippen molar-refractivity contribution < 1.29 is 0 Å². The number of rotatable bonds is 4. The molecule has 0 saturated carbocycles. The highest BCUT2D eigenvalue weighted by Crippen LogP contribution is 2.26. The Morgan fingerprint density at radius 3 is 2.47 bits per heavy atom. The summed E-state index contributed by atoms with van der Waals surface area (Å²) in [7, 11) is 0. The van der Waals surface area contributed by atoms with Crippen LogP contribution >= 0.6 is 39.0 Å². The summed E-state index contributed by atoms with van der Waals surface area (Å²) in [5.41, 5.74) is 1.40. The Labute approximate surface area is 107 Å². The Morgan fingerprint density at radius 1 is 1.00 bits per heavy atom. The summed E-state index contributed by atoms with van der Waals surface area (Å²) >= 11 is 7.26. The van der Waals surface area contributed by atoms with Crippen molar-refractivity contribution in [3.63, 3.8) is 0 Å².